The van der Waals surface area contributed by atoms with Crippen LogP contribution in [-0.4, -0.2) is 10.2 Å². The van der Waals surface area contributed by atoms with Crippen molar-refractivity contribution in [2.75, 3.05) is 0 Å². The summed E-state index contributed by atoms with van der Waals surface area (Å²) in [5.41, 5.74) is 1.44. The van der Waals surface area contributed by atoms with Gasteiger partial charge in [-0.25, -0.2) is 5.10 Å². The fourth-order valence-corrected chi connectivity index (χ4v) is 1.88. The topological polar surface area (TPSA) is 45.8 Å². The third-order valence-electron chi connectivity index (χ3n) is 1.88. The van der Waals surface area contributed by atoms with Gasteiger partial charge in [0.05, 0.1) is 10.2 Å². The van der Waals surface area contributed by atoms with E-state index in [-0.39, 0.29) is 5.56 Å². The summed E-state index contributed by atoms with van der Waals surface area (Å²) >= 11 is 6.55. The molecule has 2 rings (SSSR count). The Balaban J connectivity index is 2.55. The van der Waals surface area contributed by atoms with Crippen molar-refractivity contribution in [1.82, 2.24) is 10.2 Å². The second-order valence-electron chi connectivity index (χ2n) is 2.94. The molecular formula is C10H6Br2N2O. The van der Waals surface area contributed by atoms with E-state index in [1.165, 1.54) is 0 Å². The minimum absolute atomic E-state index is 0.228. The van der Waals surface area contributed by atoms with Crippen LogP contribution in [0.3, 0.4) is 0 Å². The van der Waals surface area contributed by atoms with Gasteiger partial charge in [0.15, 0.2) is 0 Å². The lowest BCUT2D eigenvalue weighted by atomic mass is 10.1. The van der Waals surface area contributed by atoms with E-state index in [4.69, 9.17) is 0 Å². The predicted octanol–water partition coefficient (Wildman–Crippen LogP) is 2.96. The number of halogens is 2. The molecule has 0 aliphatic carbocycles. The Kier molecular flexibility index (Phi) is 3.02. The van der Waals surface area contributed by atoms with Crippen LogP contribution in [-0.2, 0) is 0 Å². The van der Waals surface area contributed by atoms with Gasteiger partial charge in [-0.15, -0.1) is 0 Å². The third-order valence-corrected chi connectivity index (χ3v) is 2.96. The lowest BCUT2D eigenvalue weighted by Gasteiger charge is -2.00. The van der Waals surface area contributed by atoms with Crippen LogP contribution in [0.25, 0.3) is 11.3 Å². The van der Waals surface area contributed by atoms with Crippen LogP contribution in [0.2, 0.25) is 0 Å². The number of hydrogen-bond donors (Lipinski definition) is 1. The zero-order valence-corrected chi connectivity index (χ0v) is 10.7. The van der Waals surface area contributed by atoms with Crippen LogP contribution in [0.15, 0.2) is 44.1 Å². The maximum absolute atomic E-state index is 11.1. The molecule has 1 N–H and O–H groups in total. The molecule has 0 atom stereocenters. The standard InChI is InChI=1S/C10H6Br2N2O/c11-7-3-1-2-6(4-7)9-5-8(12)10(15)14-13-9/h1-5H,(H,14,15). The fraction of sp³-hybridized carbons (Fsp3) is 0. The van der Waals surface area contributed by atoms with Gasteiger partial charge in [0.2, 0.25) is 0 Å². The Labute approximate surface area is 103 Å². The molecule has 3 nitrogen and oxygen atoms in total. The first kappa shape index (κ1) is 10.6. The Bertz CT molecular complexity index is 551. The number of rotatable bonds is 1. The molecule has 0 saturated carbocycles. The Morgan fingerprint density at radius 3 is 2.67 bits per heavy atom. The van der Waals surface area contributed by atoms with Gasteiger partial charge >= 0.3 is 0 Å². The van der Waals surface area contributed by atoms with Gasteiger partial charge in [-0.1, -0.05) is 28.1 Å². The van der Waals surface area contributed by atoms with Crippen LogP contribution >= 0.6 is 31.9 Å². The molecular weight excluding hydrogens is 324 g/mol. The van der Waals surface area contributed by atoms with Crippen LogP contribution in [0.4, 0.5) is 0 Å². The molecule has 0 unspecified atom stereocenters. The summed E-state index contributed by atoms with van der Waals surface area (Å²) in [4.78, 5) is 11.1. The lowest BCUT2D eigenvalue weighted by Crippen LogP contribution is -2.08. The van der Waals surface area contributed by atoms with Crippen LogP contribution in [0, 0.1) is 0 Å². The molecule has 1 aromatic heterocycles. The van der Waals surface area contributed by atoms with Crippen molar-refractivity contribution >= 4 is 31.9 Å². The first-order valence-corrected chi connectivity index (χ1v) is 5.76. The summed E-state index contributed by atoms with van der Waals surface area (Å²) in [6.45, 7) is 0. The second kappa shape index (κ2) is 4.28. The van der Waals surface area contributed by atoms with Gasteiger partial charge in [-0.3, -0.25) is 4.79 Å². The van der Waals surface area contributed by atoms with E-state index in [0.717, 1.165) is 15.7 Å². The summed E-state index contributed by atoms with van der Waals surface area (Å²) < 4.78 is 1.46. The minimum Gasteiger partial charge on any atom is -0.267 e. The number of aromatic nitrogens is 2. The highest BCUT2D eigenvalue weighted by Crippen LogP contribution is 2.21. The number of hydrogen-bond acceptors (Lipinski definition) is 2. The Hall–Kier alpha value is -0.940. The first-order chi connectivity index (χ1) is 7.16. The summed E-state index contributed by atoms with van der Waals surface area (Å²) in [7, 11) is 0. The summed E-state index contributed by atoms with van der Waals surface area (Å²) in [5, 5.41) is 6.38. The molecule has 1 aromatic carbocycles. The van der Waals surface area contributed by atoms with Crippen molar-refractivity contribution in [2.24, 2.45) is 0 Å². The molecule has 0 radical (unpaired) electrons. The van der Waals surface area contributed by atoms with E-state index in [0.29, 0.717) is 4.47 Å². The molecule has 1 heterocycles. The summed E-state index contributed by atoms with van der Waals surface area (Å²) in [5.74, 6) is 0. The van der Waals surface area contributed by atoms with Crippen LogP contribution < -0.4 is 5.56 Å². The van der Waals surface area contributed by atoms with Crippen molar-refractivity contribution in [3.05, 3.63) is 49.6 Å². The monoisotopic (exact) mass is 328 g/mol. The molecule has 0 amide bonds. The third kappa shape index (κ3) is 2.35. The second-order valence-corrected chi connectivity index (χ2v) is 4.71. The normalized spacial score (nSPS) is 10.3. The number of benzene rings is 1. The van der Waals surface area contributed by atoms with Gasteiger partial charge in [-0.05, 0) is 34.1 Å². The molecule has 0 spiro atoms. The fourth-order valence-electron chi connectivity index (χ4n) is 1.18. The van der Waals surface area contributed by atoms with Gasteiger partial charge in [0.25, 0.3) is 5.56 Å². The molecule has 0 fully saturated rings. The molecule has 15 heavy (non-hydrogen) atoms. The van der Waals surface area contributed by atoms with Crippen molar-refractivity contribution in [2.45, 2.75) is 0 Å². The van der Waals surface area contributed by atoms with Crippen molar-refractivity contribution < 1.29 is 0 Å². The molecule has 0 saturated heterocycles. The van der Waals surface area contributed by atoms with Gasteiger partial charge in [0, 0.05) is 10.0 Å². The maximum atomic E-state index is 11.1. The highest BCUT2D eigenvalue weighted by molar-refractivity contribution is 9.10. The Morgan fingerprint density at radius 1 is 1.20 bits per heavy atom. The zero-order chi connectivity index (χ0) is 10.8. The molecule has 0 aliphatic rings. The first-order valence-electron chi connectivity index (χ1n) is 4.18. The number of nitrogens with zero attached hydrogens (tertiary/aromatic N) is 1. The number of H-pyrrole nitrogens is 1. The van der Waals surface area contributed by atoms with E-state index < -0.39 is 0 Å². The highest BCUT2D eigenvalue weighted by Gasteiger charge is 2.03. The number of aromatic amines is 1. The summed E-state index contributed by atoms with van der Waals surface area (Å²) in [6.07, 6.45) is 0. The largest absolute Gasteiger partial charge is 0.278 e. The molecule has 5 heteroatoms. The van der Waals surface area contributed by atoms with E-state index in [9.17, 15) is 4.79 Å². The molecule has 0 aliphatic heterocycles. The predicted molar refractivity (Wildman–Crippen MR) is 65.7 cm³/mol. The maximum Gasteiger partial charge on any atom is 0.278 e. The molecule has 0 bridgehead atoms. The smallest absolute Gasteiger partial charge is 0.267 e. The van der Waals surface area contributed by atoms with E-state index >= 15 is 0 Å². The number of nitrogens with one attached hydrogen (secondary N) is 1. The van der Waals surface area contributed by atoms with Crippen molar-refractivity contribution in [3.8, 4) is 11.3 Å². The lowest BCUT2D eigenvalue weighted by molar-refractivity contribution is 0.985. The SMILES string of the molecule is O=c1[nH]nc(-c2cccc(Br)c2)cc1Br. The van der Waals surface area contributed by atoms with Crippen LogP contribution in [0.1, 0.15) is 0 Å². The Morgan fingerprint density at radius 2 is 2.00 bits per heavy atom. The molecule has 76 valence electrons. The van der Waals surface area contributed by atoms with Crippen molar-refractivity contribution in [3.63, 3.8) is 0 Å². The van der Waals surface area contributed by atoms with Crippen molar-refractivity contribution in [1.29, 1.82) is 0 Å². The highest BCUT2D eigenvalue weighted by atomic mass is 79.9. The van der Waals surface area contributed by atoms with Gasteiger partial charge in [0.1, 0.15) is 0 Å². The van der Waals surface area contributed by atoms with Crippen LogP contribution in [0.5, 0.6) is 0 Å². The van der Waals surface area contributed by atoms with E-state index in [1.807, 2.05) is 24.3 Å². The summed E-state index contributed by atoms with van der Waals surface area (Å²) in [6, 6.07) is 9.41. The zero-order valence-electron chi connectivity index (χ0n) is 7.50. The average Bonchev–Trinajstić information content (AvgIpc) is 2.22. The van der Waals surface area contributed by atoms with E-state index in [2.05, 4.69) is 42.1 Å². The average molecular weight is 330 g/mol. The minimum atomic E-state index is -0.228. The van der Waals surface area contributed by atoms with Gasteiger partial charge < -0.3 is 0 Å². The molecule has 2 aromatic rings. The van der Waals surface area contributed by atoms with E-state index in [1.54, 1.807) is 6.07 Å². The quantitative estimate of drug-likeness (QED) is 0.874. The van der Waals surface area contributed by atoms with Gasteiger partial charge in [-0.2, -0.15) is 5.10 Å².